The summed E-state index contributed by atoms with van der Waals surface area (Å²) in [6.45, 7) is 10.5. The minimum Gasteiger partial charge on any atom is -0.371 e. The molecule has 0 spiro atoms. The van der Waals surface area contributed by atoms with Crippen molar-refractivity contribution in [1.29, 1.82) is 0 Å². The molecule has 2 aliphatic heterocycles. The van der Waals surface area contributed by atoms with Crippen LogP contribution in [0.1, 0.15) is 121 Å². The van der Waals surface area contributed by atoms with Crippen LogP contribution in [-0.4, -0.2) is 42.9 Å². The van der Waals surface area contributed by atoms with E-state index in [0.717, 1.165) is 87.6 Å². The van der Waals surface area contributed by atoms with Crippen molar-refractivity contribution in [1.82, 2.24) is 4.90 Å². The summed E-state index contributed by atoms with van der Waals surface area (Å²) in [5.41, 5.74) is 2.53. The SMILES string of the molecule is CCCCCCCCCCCC(=O)Nc1ccc(N2CCC(C)CC2)c(C(=O)N2CCC(C)CC2)c1. The van der Waals surface area contributed by atoms with Gasteiger partial charge in [0, 0.05) is 44.0 Å². The molecule has 2 fully saturated rings. The second kappa shape index (κ2) is 15.3. The number of likely N-dealkylation sites (tertiary alicyclic amines) is 1. The highest BCUT2D eigenvalue weighted by atomic mass is 16.2. The van der Waals surface area contributed by atoms with E-state index in [9.17, 15) is 9.59 Å². The summed E-state index contributed by atoms with van der Waals surface area (Å²) in [4.78, 5) is 30.6. The summed E-state index contributed by atoms with van der Waals surface area (Å²) >= 11 is 0. The van der Waals surface area contributed by atoms with Crippen LogP contribution in [0.25, 0.3) is 0 Å². The van der Waals surface area contributed by atoms with E-state index in [0.29, 0.717) is 12.3 Å². The fourth-order valence-electron chi connectivity index (χ4n) is 5.51. The van der Waals surface area contributed by atoms with Crippen molar-refractivity contribution < 1.29 is 9.59 Å². The van der Waals surface area contributed by atoms with E-state index in [-0.39, 0.29) is 11.8 Å². The molecule has 0 atom stereocenters. The van der Waals surface area contributed by atoms with Crippen molar-refractivity contribution in [3.05, 3.63) is 23.8 Å². The van der Waals surface area contributed by atoms with Crippen molar-refractivity contribution in [3.8, 4) is 0 Å². The average Bonchev–Trinajstić information content (AvgIpc) is 2.88. The molecule has 2 aliphatic rings. The van der Waals surface area contributed by atoms with E-state index in [1.165, 1.54) is 44.9 Å². The molecule has 0 saturated carbocycles. The second-order valence-corrected chi connectivity index (χ2v) is 11.5. The molecule has 36 heavy (non-hydrogen) atoms. The van der Waals surface area contributed by atoms with E-state index in [1.54, 1.807) is 0 Å². The van der Waals surface area contributed by atoms with Crippen LogP contribution in [0.15, 0.2) is 18.2 Å². The molecule has 0 aromatic heterocycles. The molecular formula is C31H51N3O2. The van der Waals surface area contributed by atoms with Crippen LogP contribution in [0.3, 0.4) is 0 Å². The Bertz CT molecular complexity index is 808. The summed E-state index contributed by atoms with van der Waals surface area (Å²) in [6, 6.07) is 5.97. The molecule has 0 radical (unpaired) electrons. The molecule has 5 heteroatoms. The van der Waals surface area contributed by atoms with Gasteiger partial charge in [0.25, 0.3) is 5.91 Å². The number of anilines is 2. The zero-order valence-electron chi connectivity index (χ0n) is 23.3. The number of unbranched alkanes of at least 4 members (excludes halogenated alkanes) is 8. The Balaban J connectivity index is 1.55. The van der Waals surface area contributed by atoms with Gasteiger partial charge in [-0.05, 0) is 62.1 Å². The molecular weight excluding hydrogens is 446 g/mol. The number of nitrogens with zero attached hydrogens (tertiary/aromatic N) is 2. The van der Waals surface area contributed by atoms with E-state index < -0.39 is 0 Å². The minimum atomic E-state index is 0.0580. The summed E-state index contributed by atoms with van der Waals surface area (Å²) in [7, 11) is 0. The van der Waals surface area contributed by atoms with E-state index in [1.807, 2.05) is 17.0 Å². The number of piperidine rings is 2. The van der Waals surface area contributed by atoms with Gasteiger partial charge in [0.05, 0.1) is 5.56 Å². The molecule has 2 amide bonds. The first-order chi connectivity index (χ1) is 17.5. The lowest BCUT2D eigenvalue weighted by Gasteiger charge is -2.35. The van der Waals surface area contributed by atoms with Gasteiger partial charge in [-0.15, -0.1) is 0 Å². The summed E-state index contributed by atoms with van der Waals surface area (Å²) in [5, 5.41) is 3.08. The van der Waals surface area contributed by atoms with Gasteiger partial charge < -0.3 is 15.1 Å². The lowest BCUT2D eigenvalue weighted by Crippen LogP contribution is -2.40. The maximum atomic E-state index is 13.6. The fourth-order valence-corrected chi connectivity index (χ4v) is 5.51. The van der Waals surface area contributed by atoms with Crippen LogP contribution in [0, 0.1) is 11.8 Å². The van der Waals surface area contributed by atoms with Crippen LogP contribution in [0.5, 0.6) is 0 Å². The van der Waals surface area contributed by atoms with Crippen LogP contribution >= 0.6 is 0 Å². The van der Waals surface area contributed by atoms with Gasteiger partial charge in [0.15, 0.2) is 0 Å². The van der Waals surface area contributed by atoms with E-state index in [2.05, 4.69) is 37.1 Å². The average molecular weight is 498 g/mol. The Hall–Kier alpha value is -2.04. The largest absolute Gasteiger partial charge is 0.371 e. The van der Waals surface area contributed by atoms with Gasteiger partial charge in [-0.25, -0.2) is 0 Å². The normalized spacial score (nSPS) is 17.4. The van der Waals surface area contributed by atoms with Crippen LogP contribution in [0.4, 0.5) is 11.4 Å². The molecule has 2 saturated heterocycles. The summed E-state index contributed by atoms with van der Waals surface area (Å²) < 4.78 is 0. The molecule has 3 rings (SSSR count). The lowest BCUT2D eigenvalue weighted by atomic mass is 9.96. The lowest BCUT2D eigenvalue weighted by molar-refractivity contribution is -0.116. The highest BCUT2D eigenvalue weighted by Crippen LogP contribution is 2.31. The van der Waals surface area contributed by atoms with E-state index >= 15 is 0 Å². The summed E-state index contributed by atoms with van der Waals surface area (Å²) in [5.74, 6) is 1.60. The van der Waals surface area contributed by atoms with Gasteiger partial charge in [0.1, 0.15) is 0 Å². The maximum Gasteiger partial charge on any atom is 0.256 e. The fraction of sp³-hybridized carbons (Fsp3) is 0.742. The van der Waals surface area contributed by atoms with Gasteiger partial charge in [-0.2, -0.15) is 0 Å². The first-order valence-electron chi connectivity index (χ1n) is 15.0. The van der Waals surface area contributed by atoms with Crippen molar-refractivity contribution in [2.75, 3.05) is 36.4 Å². The number of carbonyl (C=O) groups is 2. The predicted octanol–water partition coefficient (Wildman–Crippen LogP) is 7.65. The van der Waals surface area contributed by atoms with Crippen molar-refractivity contribution in [2.24, 2.45) is 11.8 Å². The Morgan fingerprint density at radius 3 is 1.97 bits per heavy atom. The number of benzene rings is 1. The highest BCUT2D eigenvalue weighted by Gasteiger charge is 2.27. The number of carbonyl (C=O) groups excluding carboxylic acids is 2. The Kier molecular flexibility index (Phi) is 12.1. The zero-order valence-corrected chi connectivity index (χ0v) is 23.3. The monoisotopic (exact) mass is 497 g/mol. The molecule has 5 nitrogen and oxygen atoms in total. The Morgan fingerprint density at radius 2 is 1.36 bits per heavy atom. The third-order valence-corrected chi connectivity index (χ3v) is 8.21. The Labute approximate surface area is 220 Å². The molecule has 0 bridgehead atoms. The standard InChI is InChI=1S/C31H51N3O2/c1-4-5-6-7-8-9-10-11-12-13-30(35)32-27-14-15-29(33-20-16-25(2)17-21-33)28(24-27)31(36)34-22-18-26(3)19-23-34/h14-15,24-26H,4-13,16-23H2,1-3H3,(H,32,35). The number of rotatable bonds is 13. The molecule has 1 N–H and O–H groups in total. The smallest absolute Gasteiger partial charge is 0.256 e. The highest BCUT2D eigenvalue weighted by molar-refractivity contribution is 6.02. The number of nitrogens with one attached hydrogen (secondary N) is 1. The molecule has 1 aromatic rings. The molecule has 0 aliphatic carbocycles. The summed E-state index contributed by atoms with van der Waals surface area (Å²) in [6.07, 6.45) is 16.2. The zero-order chi connectivity index (χ0) is 25.8. The van der Waals surface area contributed by atoms with Gasteiger partial charge >= 0.3 is 0 Å². The van der Waals surface area contributed by atoms with Crippen molar-refractivity contribution >= 4 is 23.2 Å². The molecule has 1 aromatic carbocycles. The third kappa shape index (κ3) is 9.12. The Morgan fingerprint density at radius 1 is 0.806 bits per heavy atom. The third-order valence-electron chi connectivity index (χ3n) is 8.21. The van der Waals surface area contributed by atoms with Crippen LogP contribution in [0.2, 0.25) is 0 Å². The molecule has 0 unspecified atom stereocenters. The topological polar surface area (TPSA) is 52.7 Å². The molecule has 2 heterocycles. The maximum absolute atomic E-state index is 13.6. The number of hydrogen-bond donors (Lipinski definition) is 1. The van der Waals surface area contributed by atoms with Crippen LogP contribution in [-0.2, 0) is 4.79 Å². The first kappa shape index (κ1) is 28.5. The van der Waals surface area contributed by atoms with Gasteiger partial charge in [0.2, 0.25) is 5.91 Å². The van der Waals surface area contributed by atoms with E-state index in [4.69, 9.17) is 0 Å². The van der Waals surface area contributed by atoms with Gasteiger partial charge in [-0.3, -0.25) is 9.59 Å². The first-order valence-corrected chi connectivity index (χ1v) is 15.0. The number of amides is 2. The quantitative estimate of drug-likeness (QED) is 0.285. The van der Waals surface area contributed by atoms with Crippen LogP contribution < -0.4 is 10.2 Å². The number of hydrogen-bond acceptors (Lipinski definition) is 3. The van der Waals surface area contributed by atoms with Gasteiger partial charge in [-0.1, -0.05) is 72.1 Å². The molecule has 202 valence electrons. The van der Waals surface area contributed by atoms with Crippen molar-refractivity contribution in [3.63, 3.8) is 0 Å². The predicted molar refractivity (Wildman–Crippen MR) is 152 cm³/mol. The minimum absolute atomic E-state index is 0.0580. The second-order valence-electron chi connectivity index (χ2n) is 11.5. The van der Waals surface area contributed by atoms with Crippen molar-refractivity contribution in [2.45, 2.75) is 111 Å².